The van der Waals surface area contributed by atoms with Gasteiger partial charge in [-0.2, -0.15) is 0 Å². The highest BCUT2D eigenvalue weighted by atomic mass is 127. The van der Waals surface area contributed by atoms with E-state index in [9.17, 15) is 0 Å². The maximum Gasteiger partial charge on any atom is 0.0150 e. The molecule has 4 rings (SSSR count). The van der Waals surface area contributed by atoms with Crippen molar-refractivity contribution in [2.45, 2.75) is 55.8 Å². The number of fused-ring (bicyclic) bond motifs is 3. The molecule has 2 atom stereocenters. The van der Waals surface area contributed by atoms with Crippen LogP contribution in [0.3, 0.4) is 0 Å². The molecule has 0 amide bonds. The fraction of sp³-hybridized carbons (Fsp3) is 0.385. The van der Waals surface area contributed by atoms with E-state index in [4.69, 9.17) is 0 Å². The van der Waals surface area contributed by atoms with Crippen molar-refractivity contribution in [3.05, 3.63) is 82.9 Å². The summed E-state index contributed by atoms with van der Waals surface area (Å²) in [6, 6.07) is 15.8. The van der Waals surface area contributed by atoms with Crippen LogP contribution in [0, 0.1) is 12.8 Å². The van der Waals surface area contributed by atoms with Gasteiger partial charge in [-0.25, -0.2) is 0 Å². The molecule has 0 aromatic heterocycles. The number of rotatable bonds is 4. The molecule has 2 aliphatic carbocycles. The number of aryl methyl sites for hydroxylation is 2. The third kappa shape index (κ3) is 3.44. The molecule has 27 heavy (non-hydrogen) atoms. The highest BCUT2D eigenvalue weighted by Crippen LogP contribution is 2.55. The van der Waals surface area contributed by atoms with Gasteiger partial charge in [0.15, 0.2) is 0 Å². The number of hydrogen-bond donors (Lipinski definition) is 0. The van der Waals surface area contributed by atoms with Crippen molar-refractivity contribution in [3.63, 3.8) is 0 Å². The smallest absolute Gasteiger partial charge is 0.0150 e. The van der Waals surface area contributed by atoms with Crippen LogP contribution in [0.1, 0.15) is 60.9 Å². The summed E-state index contributed by atoms with van der Waals surface area (Å²) in [4.78, 5) is 0. The summed E-state index contributed by atoms with van der Waals surface area (Å²) in [6.45, 7) is 11.5. The van der Waals surface area contributed by atoms with Crippen molar-refractivity contribution in [1.82, 2.24) is 0 Å². The standard InChI is InChI=1S/C26H29I/c1-17-7-5-6-8-19(17)10-9-18(2)20-11-13-22-23-14-12-21(27)16-25(23)26(3,4)24(22)15-20/h5-8,11,13-15,21,25H,2,9-10,12,16H2,1,3-4H3. The molecule has 0 fully saturated rings. The van der Waals surface area contributed by atoms with Crippen LogP contribution in [0.25, 0.3) is 11.1 Å². The number of halogens is 1. The summed E-state index contributed by atoms with van der Waals surface area (Å²) in [5.74, 6) is 0.665. The van der Waals surface area contributed by atoms with Gasteiger partial charge in [0, 0.05) is 3.92 Å². The molecule has 0 N–H and O–H groups in total. The van der Waals surface area contributed by atoms with Gasteiger partial charge >= 0.3 is 0 Å². The van der Waals surface area contributed by atoms with E-state index in [0.717, 1.165) is 16.8 Å². The Hall–Kier alpha value is -1.35. The Morgan fingerprint density at radius 3 is 2.74 bits per heavy atom. The molecule has 2 aromatic carbocycles. The molecule has 0 saturated carbocycles. The fourth-order valence-electron chi connectivity index (χ4n) is 4.91. The van der Waals surface area contributed by atoms with E-state index in [2.05, 4.69) is 98.5 Å². The van der Waals surface area contributed by atoms with Crippen LogP contribution in [-0.4, -0.2) is 3.92 Å². The predicted molar refractivity (Wildman–Crippen MR) is 127 cm³/mol. The van der Waals surface area contributed by atoms with Crippen LogP contribution in [0.4, 0.5) is 0 Å². The quantitative estimate of drug-likeness (QED) is 0.321. The van der Waals surface area contributed by atoms with Gasteiger partial charge in [0.05, 0.1) is 0 Å². The highest BCUT2D eigenvalue weighted by Gasteiger charge is 2.44. The first-order valence-corrected chi connectivity index (χ1v) is 11.3. The number of hydrogen-bond acceptors (Lipinski definition) is 0. The van der Waals surface area contributed by atoms with Crippen LogP contribution >= 0.6 is 22.6 Å². The van der Waals surface area contributed by atoms with Crippen LogP contribution in [0.5, 0.6) is 0 Å². The van der Waals surface area contributed by atoms with Crippen molar-refractivity contribution in [1.29, 1.82) is 0 Å². The second kappa shape index (κ2) is 7.24. The zero-order valence-electron chi connectivity index (χ0n) is 16.7. The average Bonchev–Trinajstić information content (AvgIpc) is 2.87. The summed E-state index contributed by atoms with van der Waals surface area (Å²) in [5, 5.41) is 0. The molecule has 2 aliphatic rings. The number of alkyl halides is 1. The molecule has 0 bridgehead atoms. The SMILES string of the molecule is C=C(CCc1ccccc1C)c1ccc2c(c1)C(C)(C)C1CC(I)CC=C21. The molecule has 2 unspecified atom stereocenters. The summed E-state index contributed by atoms with van der Waals surface area (Å²) in [7, 11) is 0. The Balaban J connectivity index is 1.58. The molecule has 1 heteroatoms. The molecule has 140 valence electrons. The van der Waals surface area contributed by atoms with Crippen LogP contribution in [-0.2, 0) is 11.8 Å². The molecule has 0 aliphatic heterocycles. The summed E-state index contributed by atoms with van der Waals surface area (Å²) < 4.78 is 0.772. The Labute approximate surface area is 177 Å². The van der Waals surface area contributed by atoms with E-state index in [-0.39, 0.29) is 5.41 Å². The van der Waals surface area contributed by atoms with Crippen molar-refractivity contribution >= 4 is 33.7 Å². The Bertz CT molecular complexity index is 916. The molecule has 0 heterocycles. The zero-order chi connectivity index (χ0) is 19.2. The molecule has 0 spiro atoms. The first kappa shape index (κ1) is 19.0. The minimum Gasteiger partial charge on any atom is -0.0952 e. The monoisotopic (exact) mass is 468 g/mol. The normalized spacial score (nSPS) is 22.7. The Morgan fingerprint density at radius 2 is 1.96 bits per heavy atom. The lowest BCUT2D eigenvalue weighted by Gasteiger charge is -2.33. The van der Waals surface area contributed by atoms with Gasteiger partial charge in [-0.15, -0.1) is 0 Å². The second-order valence-electron chi connectivity index (χ2n) is 8.79. The van der Waals surface area contributed by atoms with Crippen molar-refractivity contribution in [2.24, 2.45) is 5.92 Å². The number of benzene rings is 2. The van der Waals surface area contributed by atoms with Gasteiger partial charge in [0.25, 0.3) is 0 Å². The Morgan fingerprint density at radius 1 is 1.19 bits per heavy atom. The van der Waals surface area contributed by atoms with E-state index in [1.165, 1.54) is 46.2 Å². The average molecular weight is 468 g/mol. The lowest BCUT2D eigenvalue weighted by molar-refractivity contribution is 0.383. The van der Waals surface area contributed by atoms with Gasteiger partial charge in [-0.1, -0.05) is 91.6 Å². The summed E-state index contributed by atoms with van der Waals surface area (Å²) >= 11 is 2.63. The van der Waals surface area contributed by atoms with Crippen LogP contribution in [0.2, 0.25) is 0 Å². The molecule has 0 nitrogen and oxygen atoms in total. The van der Waals surface area contributed by atoms with Gasteiger partial charge in [0.1, 0.15) is 0 Å². The topological polar surface area (TPSA) is 0 Å². The van der Waals surface area contributed by atoms with Gasteiger partial charge in [-0.05, 0) is 82.9 Å². The van der Waals surface area contributed by atoms with Crippen LogP contribution < -0.4 is 0 Å². The van der Waals surface area contributed by atoms with Crippen molar-refractivity contribution in [3.8, 4) is 0 Å². The maximum atomic E-state index is 4.43. The molecule has 0 saturated heterocycles. The largest absolute Gasteiger partial charge is 0.0952 e. The summed E-state index contributed by atoms with van der Waals surface area (Å²) in [6.07, 6.45) is 7.11. The van der Waals surface area contributed by atoms with E-state index in [1.807, 2.05) is 0 Å². The molecule has 2 aromatic rings. The Kier molecular flexibility index (Phi) is 5.09. The minimum absolute atomic E-state index is 0.220. The van der Waals surface area contributed by atoms with Crippen molar-refractivity contribution in [2.75, 3.05) is 0 Å². The number of allylic oxidation sites excluding steroid dienone is 3. The third-order valence-electron chi connectivity index (χ3n) is 6.72. The fourth-order valence-corrected chi connectivity index (χ4v) is 5.68. The predicted octanol–water partition coefficient (Wildman–Crippen LogP) is 7.53. The van der Waals surface area contributed by atoms with Crippen molar-refractivity contribution < 1.29 is 0 Å². The second-order valence-corrected chi connectivity index (χ2v) is 10.6. The summed E-state index contributed by atoms with van der Waals surface area (Å²) in [5.41, 5.74) is 10.2. The lowest BCUT2D eigenvalue weighted by Crippen LogP contribution is -2.27. The maximum absolute atomic E-state index is 4.43. The molecular formula is C26H29I. The van der Waals surface area contributed by atoms with Gasteiger partial charge in [0.2, 0.25) is 0 Å². The van der Waals surface area contributed by atoms with Gasteiger partial charge < -0.3 is 0 Å². The molecule has 0 radical (unpaired) electrons. The van der Waals surface area contributed by atoms with Crippen LogP contribution in [0.15, 0.2) is 55.1 Å². The zero-order valence-corrected chi connectivity index (χ0v) is 18.8. The first-order chi connectivity index (χ1) is 12.9. The van der Waals surface area contributed by atoms with E-state index in [1.54, 1.807) is 5.57 Å². The van der Waals surface area contributed by atoms with E-state index < -0.39 is 0 Å². The molecular weight excluding hydrogens is 439 g/mol. The lowest BCUT2D eigenvalue weighted by atomic mass is 9.73. The third-order valence-corrected chi connectivity index (χ3v) is 7.74. The first-order valence-electron chi connectivity index (χ1n) is 10.1. The van der Waals surface area contributed by atoms with E-state index in [0.29, 0.717) is 5.92 Å². The minimum atomic E-state index is 0.220. The highest BCUT2D eigenvalue weighted by molar-refractivity contribution is 14.1. The van der Waals surface area contributed by atoms with Gasteiger partial charge in [-0.3, -0.25) is 0 Å². The van der Waals surface area contributed by atoms with E-state index >= 15 is 0 Å².